The quantitative estimate of drug-likeness (QED) is 0.311. The number of benzene rings is 4. The van der Waals surface area contributed by atoms with Crippen molar-refractivity contribution in [3.63, 3.8) is 0 Å². The minimum absolute atomic E-state index is 0. The number of halogens is 8. The van der Waals surface area contributed by atoms with Gasteiger partial charge >= 0.3 is 18.9 Å². The predicted octanol–water partition coefficient (Wildman–Crippen LogP) is 1.18. The largest absolute Gasteiger partial charge is 1.00 e. The number of rotatable bonds is 4. The molecule has 0 bridgehead atoms. The van der Waals surface area contributed by atoms with E-state index in [1.54, 1.807) is 0 Å². The molecule has 4 rings (SSSR count). The van der Waals surface area contributed by atoms with Crippen molar-refractivity contribution in [2.45, 2.75) is 0 Å². The zero-order valence-corrected chi connectivity index (χ0v) is 17.5. The van der Waals surface area contributed by atoms with Gasteiger partial charge in [-0.15, -0.1) is 0 Å². The molecule has 0 radical (unpaired) electrons. The molecule has 0 aliphatic heterocycles. The Balaban J connectivity index is 0.00000324. The zero-order valence-electron chi connectivity index (χ0n) is 17.5. The Hall–Kier alpha value is -3.02. The van der Waals surface area contributed by atoms with Crippen molar-refractivity contribution < 1.29 is 54.0 Å². The van der Waals surface area contributed by atoms with Crippen LogP contribution in [0.2, 0.25) is 0 Å². The third kappa shape index (κ3) is 4.77. The molecule has 4 aromatic carbocycles. The Bertz CT molecular complexity index is 1080. The predicted molar refractivity (Wildman–Crippen MR) is 110 cm³/mol. The molecule has 34 heavy (non-hydrogen) atoms. The Morgan fingerprint density at radius 1 is 0.294 bits per heavy atom. The van der Waals surface area contributed by atoms with E-state index in [-0.39, 0.29) is 40.7 Å². The van der Waals surface area contributed by atoms with Crippen LogP contribution in [0.4, 0.5) is 35.1 Å². The topological polar surface area (TPSA) is 0 Å². The van der Waals surface area contributed by atoms with E-state index >= 15 is 0 Å². The first-order chi connectivity index (χ1) is 15.6. The standard InChI is InChI=1S/C24H12BF8.Li/c26-17-1-13(2-18(27)9-17)25(14-3-19(28)10-20(29)4-14,15-5-21(30)11-22(31)6-15)16-7-23(32)12-24(33)8-16;/h1-12H;/q-1;+1. The second-order valence-corrected chi connectivity index (χ2v) is 7.68. The van der Waals surface area contributed by atoms with Gasteiger partial charge in [-0.3, -0.25) is 0 Å². The Morgan fingerprint density at radius 3 is 0.588 bits per heavy atom. The van der Waals surface area contributed by atoms with Crippen LogP contribution in [0.25, 0.3) is 0 Å². The monoisotopic (exact) mass is 470 g/mol. The van der Waals surface area contributed by atoms with Crippen LogP contribution in [0.5, 0.6) is 0 Å². The third-order valence-corrected chi connectivity index (χ3v) is 5.54. The van der Waals surface area contributed by atoms with Gasteiger partial charge in [-0.1, -0.05) is 48.5 Å². The average molecular weight is 470 g/mol. The van der Waals surface area contributed by atoms with Crippen LogP contribution in [-0.2, 0) is 0 Å². The van der Waals surface area contributed by atoms with Gasteiger partial charge in [0.2, 0.25) is 0 Å². The molecule has 0 aromatic heterocycles. The maximum Gasteiger partial charge on any atom is 1.00 e. The van der Waals surface area contributed by atoms with Gasteiger partial charge in [0.15, 0.2) is 0 Å². The summed E-state index contributed by atoms with van der Waals surface area (Å²) in [5.41, 5.74) is -1.42. The third-order valence-electron chi connectivity index (χ3n) is 5.54. The van der Waals surface area contributed by atoms with Gasteiger partial charge in [-0.2, -0.15) is 21.9 Å². The molecule has 0 aliphatic rings. The van der Waals surface area contributed by atoms with Gasteiger partial charge in [-0.05, 0) is 0 Å². The Labute approximate surface area is 201 Å². The van der Waals surface area contributed by atoms with E-state index in [9.17, 15) is 35.1 Å². The molecule has 0 nitrogen and oxygen atoms in total. The smallest absolute Gasteiger partial charge is 0.207 e. The fraction of sp³-hybridized carbons (Fsp3) is 0. The summed E-state index contributed by atoms with van der Waals surface area (Å²) in [4.78, 5) is 0. The summed E-state index contributed by atoms with van der Waals surface area (Å²) in [6, 6.07) is 8.24. The van der Waals surface area contributed by atoms with Crippen molar-refractivity contribution in [1.82, 2.24) is 0 Å². The van der Waals surface area contributed by atoms with E-state index < -0.39 is 52.7 Å². The molecule has 0 atom stereocenters. The van der Waals surface area contributed by atoms with Crippen molar-refractivity contribution in [2.24, 2.45) is 0 Å². The summed E-state index contributed by atoms with van der Waals surface area (Å²) >= 11 is 0. The van der Waals surface area contributed by atoms with Crippen molar-refractivity contribution in [2.75, 3.05) is 0 Å². The van der Waals surface area contributed by atoms with Gasteiger partial charge in [0.1, 0.15) is 52.7 Å². The maximum atomic E-state index is 14.3. The van der Waals surface area contributed by atoms with E-state index in [4.69, 9.17) is 0 Å². The first-order valence-electron chi connectivity index (χ1n) is 9.59. The first kappa shape index (κ1) is 25.6. The van der Waals surface area contributed by atoms with Crippen molar-refractivity contribution in [1.29, 1.82) is 0 Å². The molecule has 4 aromatic rings. The molecule has 0 saturated carbocycles. The van der Waals surface area contributed by atoms with Gasteiger partial charge in [-0.25, -0.2) is 35.1 Å². The van der Waals surface area contributed by atoms with Crippen molar-refractivity contribution in [3.05, 3.63) is 119 Å². The molecule has 0 saturated heterocycles. The van der Waals surface area contributed by atoms with E-state index in [1.807, 2.05) is 0 Å². The number of hydrogen-bond donors (Lipinski definition) is 0. The van der Waals surface area contributed by atoms with Crippen LogP contribution in [0.15, 0.2) is 72.8 Å². The normalized spacial score (nSPS) is 11.3. The summed E-state index contributed by atoms with van der Waals surface area (Å²) in [5.74, 6) is -8.99. The Kier molecular flexibility index (Phi) is 7.30. The van der Waals surface area contributed by atoms with E-state index in [0.29, 0.717) is 24.3 Å². The molecule has 0 heterocycles. The van der Waals surface area contributed by atoms with Crippen LogP contribution < -0.4 is 40.7 Å². The van der Waals surface area contributed by atoms with E-state index in [2.05, 4.69) is 0 Å². The van der Waals surface area contributed by atoms with Crippen LogP contribution >= 0.6 is 0 Å². The Morgan fingerprint density at radius 2 is 0.441 bits per heavy atom. The van der Waals surface area contributed by atoms with Crippen LogP contribution in [0, 0.1) is 46.5 Å². The van der Waals surface area contributed by atoms with Gasteiger partial charge < -0.3 is 0 Å². The maximum absolute atomic E-state index is 14.3. The van der Waals surface area contributed by atoms with Crippen molar-refractivity contribution in [3.8, 4) is 0 Å². The van der Waals surface area contributed by atoms with Gasteiger partial charge in [0, 0.05) is 24.3 Å². The molecule has 10 heteroatoms. The second-order valence-electron chi connectivity index (χ2n) is 7.68. The number of hydrogen-bond acceptors (Lipinski definition) is 0. The SMILES string of the molecule is Fc1cc(F)cc([B-](c2cc(F)cc(F)c2)(c2cc(F)cc(F)c2)c2cc(F)cc(F)c2)c1.[Li+]. The van der Waals surface area contributed by atoms with Crippen LogP contribution in [0.1, 0.15) is 0 Å². The van der Waals surface area contributed by atoms with Crippen molar-refractivity contribution >= 4 is 28.0 Å². The summed E-state index contributed by atoms with van der Waals surface area (Å²) in [6.07, 6.45) is -3.29. The summed E-state index contributed by atoms with van der Waals surface area (Å²) in [6.45, 7) is 0. The first-order valence-corrected chi connectivity index (χ1v) is 9.59. The van der Waals surface area contributed by atoms with E-state index in [1.165, 1.54) is 0 Å². The molecule has 0 amide bonds. The van der Waals surface area contributed by atoms with E-state index in [0.717, 1.165) is 48.5 Å². The molecule has 168 valence electrons. The fourth-order valence-corrected chi connectivity index (χ4v) is 4.46. The van der Waals surface area contributed by atoms with Gasteiger partial charge in [0.05, 0.1) is 0 Å². The molecule has 0 aliphatic carbocycles. The molecule has 0 N–H and O–H groups in total. The molecule has 0 spiro atoms. The van der Waals surface area contributed by atoms with Crippen LogP contribution in [-0.4, -0.2) is 6.15 Å². The summed E-state index contributed by atoms with van der Waals surface area (Å²) < 4.78 is 114. The zero-order chi connectivity index (χ0) is 23.9. The minimum atomic E-state index is -3.29. The molecule has 0 fully saturated rings. The van der Waals surface area contributed by atoms with Gasteiger partial charge in [0.25, 0.3) is 0 Å². The second kappa shape index (κ2) is 9.69. The summed E-state index contributed by atoms with van der Waals surface area (Å²) in [5, 5.41) is 0. The average Bonchev–Trinajstić information content (AvgIpc) is 2.65. The molecule has 0 unspecified atom stereocenters. The molecular formula is C24H12BF8Li. The fourth-order valence-electron chi connectivity index (χ4n) is 4.46. The van der Waals surface area contributed by atoms with Crippen LogP contribution in [0.3, 0.4) is 0 Å². The molecular weight excluding hydrogens is 458 g/mol. The summed E-state index contributed by atoms with van der Waals surface area (Å²) in [7, 11) is 0. The minimum Gasteiger partial charge on any atom is -0.207 e.